The van der Waals surface area contributed by atoms with Gasteiger partial charge in [0, 0.05) is 12.8 Å². The lowest BCUT2D eigenvalue weighted by molar-refractivity contribution is -0.156. The average Bonchev–Trinajstić information content (AvgIpc) is 2.22. The Morgan fingerprint density at radius 1 is 1.18 bits per heavy atom. The molecule has 90 valence electrons. The molecule has 3 heteroatoms. The van der Waals surface area contributed by atoms with Crippen LogP contribution in [-0.2, 0) is 19.7 Å². The van der Waals surface area contributed by atoms with E-state index in [-0.39, 0.29) is 24.6 Å². The minimum Gasteiger partial charge on any atom is -0.468 e. The predicted molar refractivity (Wildman–Crippen MR) is 63.9 cm³/mol. The van der Waals surface area contributed by atoms with Gasteiger partial charge in [0.05, 0.1) is 7.11 Å². The molecule has 0 radical (unpaired) electrons. The number of aryl methyl sites for hydroxylation is 2. The Hall–Kier alpha value is -1.64. The van der Waals surface area contributed by atoms with Crippen LogP contribution in [0.5, 0.6) is 0 Å². The molecule has 0 N–H and O–H groups in total. The number of hydrogen-bond donors (Lipinski definition) is 0. The van der Waals surface area contributed by atoms with Gasteiger partial charge >= 0.3 is 5.97 Å². The summed E-state index contributed by atoms with van der Waals surface area (Å²) in [5, 5.41) is 0. The highest BCUT2D eigenvalue weighted by Crippen LogP contribution is 2.42. The van der Waals surface area contributed by atoms with E-state index in [0.717, 1.165) is 16.7 Å². The molecule has 0 aliphatic heterocycles. The molecule has 1 saturated carbocycles. The van der Waals surface area contributed by atoms with Gasteiger partial charge in [0.2, 0.25) is 0 Å². The first kappa shape index (κ1) is 11.8. The van der Waals surface area contributed by atoms with E-state index in [4.69, 9.17) is 4.74 Å². The number of hydrogen-bond acceptors (Lipinski definition) is 3. The van der Waals surface area contributed by atoms with Crippen molar-refractivity contribution in [2.45, 2.75) is 32.1 Å². The molecule has 0 bridgehead atoms. The van der Waals surface area contributed by atoms with E-state index in [1.54, 1.807) is 0 Å². The summed E-state index contributed by atoms with van der Waals surface area (Å²) in [6.45, 7) is 3.98. The van der Waals surface area contributed by atoms with E-state index in [1.165, 1.54) is 7.11 Å². The van der Waals surface area contributed by atoms with Crippen molar-refractivity contribution < 1.29 is 14.3 Å². The van der Waals surface area contributed by atoms with Gasteiger partial charge in [-0.3, -0.25) is 9.59 Å². The molecule has 1 aromatic rings. The molecule has 3 nitrogen and oxygen atoms in total. The number of esters is 1. The van der Waals surface area contributed by atoms with E-state index in [9.17, 15) is 9.59 Å². The Morgan fingerprint density at radius 2 is 1.71 bits per heavy atom. The Morgan fingerprint density at radius 3 is 2.12 bits per heavy atom. The molecule has 2 rings (SSSR count). The molecule has 0 saturated heterocycles. The van der Waals surface area contributed by atoms with Crippen LogP contribution in [0.2, 0.25) is 0 Å². The number of rotatable bonds is 2. The molecule has 1 aromatic carbocycles. The topological polar surface area (TPSA) is 43.4 Å². The van der Waals surface area contributed by atoms with E-state index < -0.39 is 5.41 Å². The molecule has 0 unspecified atom stereocenters. The molecular weight excluding hydrogens is 216 g/mol. The Labute approximate surface area is 101 Å². The summed E-state index contributed by atoms with van der Waals surface area (Å²) < 4.78 is 4.85. The van der Waals surface area contributed by atoms with Crippen LogP contribution >= 0.6 is 0 Å². The van der Waals surface area contributed by atoms with E-state index in [2.05, 4.69) is 6.07 Å². The van der Waals surface area contributed by atoms with Crippen LogP contribution in [-0.4, -0.2) is 18.9 Å². The van der Waals surface area contributed by atoms with Crippen LogP contribution in [0.3, 0.4) is 0 Å². The highest BCUT2D eigenvalue weighted by molar-refractivity contribution is 6.02. The zero-order chi connectivity index (χ0) is 12.6. The lowest BCUT2D eigenvalue weighted by atomic mass is 9.63. The maximum atomic E-state index is 11.9. The fraction of sp³-hybridized carbons (Fsp3) is 0.429. The quantitative estimate of drug-likeness (QED) is 0.733. The standard InChI is InChI=1S/C14H16O3/c1-9-4-10(2)6-11(5-9)14(13(16)17-3)7-12(15)8-14/h4-6H,7-8H2,1-3H3. The van der Waals surface area contributed by atoms with Gasteiger partial charge < -0.3 is 4.74 Å². The molecule has 0 heterocycles. The predicted octanol–water partition coefficient (Wildman–Crippen LogP) is 2.08. The SMILES string of the molecule is COC(=O)C1(c2cc(C)cc(C)c2)CC(=O)C1. The van der Waals surface area contributed by atoms with Gasteiger partial charge in [-0.1, -0.05) is 29.3 Å². The first-order valence-corrected chi connectivity index (χ1v) is 5.67. The number of benzene rings is 1. The summed E-state index contributed by atoms with van der Waals surface area (Å²) >= 11 is 0. The van der Waals surface area contributed by atoms with Crippen molar-refractivity contribution in [2.24, 2.45) is 0 Å². The molecule has 0 atom stereocenters. The highest BCUT2D eigenvalue weighted by Gasteiger charge is 2.52. The zero-order valence-electron chi connectivity index (χ0n) is 10.4. The molecule has 0 spiro atoms. The maximum Gasteiger partial charge on any atom is 0.317 e. The first-order chi connectivity index (χ1) is 7.98. The van der Waals surface area contributed by atoms with Gasteiger partial charge in [-0.25, -0.2) is 0 Å². The van der Waals surface area contributed by atoms with Crippen LogP contribution in [0.15, 0.2) is 18.2 Å². The smallest absolute Gasteiger partial charge is 0.317 e. The third-order valence-electron chi connectivity index (χ3n) is 3.35. The molecule has 0 amide bonds. The summed E-state index contributed by atoms with van der Waals surface area (Å²) in [6.07, 6.45) is 0.533. The normalized spacial score (nSPS) is 17.5. The second-order valence-electron chi connectivity index (χ2n) is 4.84. The van der Waals surface area contributed by atoms with Crippen molar-refractivity contribution >= 4 is 11.8 Å². The van der Waals surface area contributed by atoms with Crippen LogP contribution < -0.4 is 0 Å². The molecule has 0 aromatic heterocycles. The van der Waals surface area contributed by atoms with Crippen molar-refractivity contribution in [2.75, 3.05) is 7.11 Å². The maximum absolute atomic E-state index is 11.9. The van der Waals surface area contributed by atoms with Crippen molar-refractivity contribution in [3.05, 3.63) is 34.9 Å². The second-order valence-corrected chi connectivity index (χ2v) is 4.84. The van der Waals surface area contributed by atoms with Gasteiger partial charge in [0.25, 0.3) is 0 Å². The zero-order valence-corrected chi connectivity index (χ0v) is 10.4. The monoisotopic (exact) mass is 232 g/mol. The Bertz CT molecular complexity index is 460. The van der Waals surface area contributed by atoms with Gasteiger partial charge in [0.15, 0.2) is 0 Å². The average molecular weight is 232 g/mol. The number of methoxy groups -OCH3 is 1. The van der Waals surface area contributed by atoms with Crippen LogP contribution in [0.4, 0.5) is 0 Å². The lowest BCUT2D eigenvalue weighted by Crippen LogP contribution is -2.49. The van der Waals surface area contributed by atoms with Gasteiger partial charge in [-0.2, -0.15) is 0 Å². The van der Waals surface area contributed by atoms with Crippen molar-refractivity contribution in [1.29, 1.82) is 0 Å². The summed E-state index contributed by atoms with van der Waals surface area (Å²) in [4.78, 5) is 23.2. The van der Waals surface area contributed by atoms with Gasteiger partial charge in [-0.15, -0.1) is 0 Å². The molecule has 1 aliphatic carbocycles. The van der Waals surface area contributed by atoms with Gasteiger partial charge in [-0.05, 0) is 19.4 Å². The third-order valence-corrected chi connectivity index (χ3v) is 3.35. The fourth-order valence-electron chi connectivity index (χ4n) is 2.53. The summed E-state index contributed by atoms with van der Waals surface area (Å²) in [6, 6.07) is 5.99. The van der Waals surface area contributed by atoms with Crippen LogP contribution in [0.1, 0.15) is 29.5 Å². The highest BCUT2D eigenvalue weighted by atomic mass is 16.5. The second kappa shape index (κ2) is 3.99. The number of carbonyl (C=O) groups excluding carboxylic acids is 2. The van der Waals surface area contributed by atoms with E-state index >= 15 is 0 Å². The van der Waals surface area contributed by atoms with Crippen molar-refractivity contribution in [3.8, 4) is 0 Å². The number of Topliss-reactive ketones (excluding diaryl/α,β-unsaturated/α-hetero) is 1. The van der Waals surface area contributed by atoms with E-state index in [0.29, 0.717) is 0 Å². The number of ketones is 1. The summed E-state index contributed by atoms with van der Waals surface area (Å²) in [5.74, 6) is -0.184. The molecule has 1 aliphatic rings. The summed E-state index contributed by atoms with van der Waals surface area (Å²) in [5.41, 5.74) is 2.37. The van der Waals surface area contributed by atoms with Crippen LogP contribution in [0, 0.1) is 13.8 Å². The van der Waals surface area contributed by atoms with Crippen molar-refractivity contribution in [3.63, 3.8) is 0 Å². The molecule has 1 fully saturated rings. The minimum absolute atomic E-state index is 0.120. The van der Waals surface area contributed by atoms with Crippen molar-refractivity contribution in [1.82, 2.24) is 0 Å². The fourth-order valence-corrected chi connectivity index (χ4v) is 2.53. The Balaban J connectivity index is 2.47. The summed E-state index contributed by atoms with van der Waals surface area (Å²) in [7, 11) is 1.37. The minimum atomic E-state index is -0.734. The van der Waals surface area contributed by atoms with Crippen LogP contribution in [0.25, 0.3) is 0 Å². The lowest BCUT2D eigenvalue weighted by Gasteiger charge is -2.38. The largest absolute Gasteiger partial charge is 0.468 e. The molecule has 17 heavy (non-hydrogen) atoms. The number of carbonyl (C=O) groups is 2. The molecular formula is C14H16O3. The first-order valence-electron chi connectivity index (χ1n) is 5.67. The third kappa shape index (κ3) is 1.86. The van der Waals surface area contributed by atoms with E-state index in [1.807, 2.05) is 26.0 Å². The van der Waals surface area contributed by atoms with Gasteiger partial charge in [0.1, 0.15) is 11.2 Å². The Kier molecular flexibility index (Phi) is 2.77. The number of ether oxygens (including phenoxy) is 1.